The zero-order chi connectivity index (χ0) is 20.3. The van der Waals surface area contributed by atoms with Gasteiger partial charge in [-0.2, -0.15) is 0 Å². The highest BCUT2D eigenvalue weighted by molar-refractivity contribution is 6.35. The second-order valence-corrected chi connectivity index (χ2v) is 6.80. The Balaban J connectivity index is 2.00. The Morgan fingerprint density at radius 2 is 1.82 bits per heavy atom. The Kier molecular flexibility index (Phi) is 5.97. The van der Waals surface area contributed by atoms with Crippen LogP contribution in [0.3, 0.4) is 0 Å². The lowest BCUT2D eigenvalue weighted by molar-refractivity contribution is 0.0981. The molecule has 0 radical (unpaired) electrons. The average molecular weight is 414 g/mol. The molecule has 0 aliphatic rings. The average Bonchev–Trinajstić information content (AvgIpc) is 2.70. The van der Waals surface area contributed by atoms with Crippen LogP contribution in [0.5, 0.6) is 0 Å². The third-order valence-corrected chi connectivity index (χ3v) is 4.89. The van der Waals surface area contributed by atoms with E-state index in [0.717, 1.165) is 5.56 Å². The van der Waals surface area contributed by atoms with Gasteiger partial charge in [0.25, 0.3) is 5.91 Å². The van der Waals surface area contributed by atoms with Gasteiger partial charge >= 0.3 is 0 Å². The standard InChI is InChI=1S/C21H17Cl2N3O2/c1-2-26(21(28)15-8-6-13(20(24)27)11-18(15)23)14-7-9-17(22)16(12-14)19-5-3-4-10-25-19/h3-12H,2H2,1H3,(H2,24,27). The largest absolute Gasteiger partial charge is 0.366 e. The van der Waals surface area contributed by atoms with Crippen molar-refractivity contribution in [2.75, 3.05) is 11.4 Å². The molecule has 0 aliphatic heterocycles. The van der Waals surface area contributed by atoms with Gasteiger partial charge in [0.1, 0.15) is 0 Å². The Morgan fingerprint density at radius 3 is 2.43 bits per heavy atom. The van der Waals surface area contributed by atoms with Crippen molar-refractivity contribution in [3.63, 3.8) is 0 Å². The quantitative estimate of drug-likeness (QED) is 0.650. The number of anilines is 1. The van der Waals surface area contributed by atoms with E-state index < -0.39 is 5.91 Å². The zero-order valence-electron chi connectivity index (χ0n) is 15.0. The van der Waals surface area contributed by atoms with Gasteiger partial charge in [-0.15, -0.1) is 0 Å². The number of carbonyl (C=O) groups excluding carboxylic acids is 2. The van der Waals surface area contributed by atoms with Gasteiger partial charge in [-0.05, 0) is 55.5 Å². The number of amides is 2. The predicted molar refractivity (Wildman–Crippen MR) is 112 cm³/mol. The van der Waals surface area contributed by atoms with Gasteiger partial charge in [0, 0.05) is 29.6 Å². The van der Waals surface area contributed by atoms with Crippen molar-refractivity contribution in [2.45, 2.75) is 6.92 Å². The fourth-order valence-electron chi connectivity index (χ4n) is 2.83. The van der Waals surface area contributed by atoms with Crippen molar-refractivity contribution in [1.82, 2.24) is 4.98 Å². The van der Waals surface area contributed by atoms with E-state index in [0.29, 0.717) is 22.9 Å². The summed E-state index contributed by atoms with van der Waals surface area (Å²) in [4.78, 5) is 30.3. The van der Waals surface area contributed by atoms with E-state index in [1.165, 1.54) is 18.2 Å². The van der Waals surface area contributed by atoms with E-state index in [4.69, 9.17) is 28.9 Å². The summed E-state index contributed by atoms with van der Waals surface area (Å²) in [7, 11) is 0. The highest BCUT2D eigenvalue weighted by atomic mass is 35.5. The molecule has 0 spiro atoms. The maximum absolute atomic E-state index is 13.1. The Morgan fingerprint density at radius 1 is 1.04 bits per heavy atom. The first kappa shape index (κ1) is 19.9. The summed E-state index contributed by atoms with van der Waals surface area (Å²) in [6.45, 7) is 2.27. The smallest absolute Gasteiger partial charge is 0.259 e. The van der Waals surface area contributed by atoms with Gasteiger partial charge in [0.15, 0.2) is 0 Å². The summed E-state index contributed by atoms with van der Waals surface area (Å²) in [5.41, 5.74) is 7.88. The van der Waals surface area contributed by atoms with Crippen LogP contribution in [0.25, 0.3) is 11.3 Å². The van der Waals surface area contributed by atoms with Gasteiger partial charge in [-0.3, -0.25) is 14.6 Å². The van der Waals surface area contributed by atoms with Gasteiger partial charge in [-0.1, -0.05) is 29.3 Å². The van der Waals surface area contributed by atoms with Crippen LogP contribution in [0.15, 0.2) is 60.8 Å². The lowest BCUT2D eigenvalue weighted by Crippen LogP contribution is -2.31. The number of hydrogen-bond acceptors (Lipinski definition) is 3. The second kappa shape index (κ2) is 8.42. The van der Waals surface area contributed by atoms with Gasteiger partial charge in [0.05, 0.1) is 21.3 Å². The summed E-state index contributed by atoms with van der Waals surface area (Å²) < 4.78 is 0. The summed E-state index contributed by atoms with van der Waals surface area (Å²) in [6, 6.07) is 15.2. The van der Waals surface area contributed by atoms with Crippen molar-refractivity contribution in [3.8, 4) is 11.3 Å². The van der Waals surface area contributed by atoms with Crippen LogP contribution < -0.4 is 10.6 Å². The van der Waals surface area contributed by atoms with Crippen LogP contribution in [-0.2, 0) is 0 Å². The molecule has 0 saturated heterocycles. The minimum atomic E-state index is -0.606. The molecule has 0 atom stereocenters. The van der Waals surface area contributed by atoms with Crippen LogP contribution in [0.4, 0.5) is 5.69 Å². The van der Waals surface area contributed by atoms with Crippen molar-refractivity contribution in [2.24, 2.45) is 5.73 Å². The summed E-state index contributed by atoms with van der Waals surface area (Å²) in [5.74, 6) is -0.899. The molecule has 1 heterocycles. The molecule has 0 fully saturated rings. The SMILES string of the molecule is CCN(C(=O)c1ccc(C(N)=O)cc1Cl)c1ccc(Cl)c(-c2ccccn2)c1. The highest BCUT2D eigenvalue weighted by Gasteiger charge is 2.21. The zero-order valence-corrected chi connectivity index (χ0v) is 16.5. The molecule has 2 N–H and O–H groups in total. The lowest BCUT2D eigenvalue weighted by atomic mass is 10.1. The first-order valence-corrected chi connectivity index (χ1v) is 9.30. The Bertz CT molecular complexity index is 1040. The third kappa shape index (κ3) is 4.01. The van der Waals surface area contributed by atoms with E-state index in [-0.39, 0.29) is 22.1 Å². The van der Waals surface area contributed by atoms with Gasteiger partial charge < -0.3 is 10.6 Å². The number of halogens is 2. The number of aromatic nitrogens is 1. The third-order valence-electron chi connectivity index (χ3n) is 4.25. The molecule has 7 heteroatoms. The minimum Gasteiger partial charge on any atom is -0.366 e. The maximum atomic E-state index is 13.1. The number of carbonyl (C=O) groups is 2. The van der Waals surface area contributed by atoms with Crippen molar-refractivity contribution in [1.29, 1.82) is 0 Å². The molecule has 0 bridgehead atoms. The van der Waals surface area contributed by atoms with E-state index in [1.54, 1.807) is 23.2 Å². The monoisotopic (exact) mass is 413 g/mol. The Labute approximate surface area is 172 Å². The van der Waals surface area contributed by atoms with E-state index in [9.17, 15) is 9.59 Å². The predicted octanol–water partition coefficient (Wildman–Crippen LogP) is 4.82. The number of rotatable bonds is 5. The minimum absolute atomic E-state index is 0.165. The van der Waals surface area contributed by atoms with Crippen molar-refractivity contribution in [3.05, 3.63) is 82.0 Å². The molecule has 3 rings (SSSR count). The number of primary amides is 1. The van der Waals surface area contributed by atoms with Crippen LogP contribution in [0.2, 0.25) is 10.0 Å². The van der Waals surface area contributed by atoms with Crippen molar-refractivity contribution >= 4 is 40.7 Å². The van der Waals surface area contributed by atoms with Crippen LogP contribution in [0.1, 0.15) is 27.6 Å². The molecule has 0 aliphatic carbocycles. The van der Waals surface area contributed by atoms with Crippen LogP contribution in [0, 0.1) is 0 Å². The first-order chi connectivity index (χ1) is 13.4. The van der Waals surface area contributed by atoms with Crippen LogP contribution >= 0.6 is 23.2 Å². The molecule has 142 valence electrons. The molecule has 28 heavy (non-hydrogen) atoms. The van der Waals surface area contributed by atoms with E-state index >= 15 is 0 Å². The lowest BCUT2D eigenvalue weighted by Gasteiger charge is -2.23. The number of benzene rings is 2. The summed E-state index contributed by atoms with van der Waals surface area (Å²) in [6.07, 6.45) is 1.68. The van der Waals surface area contributed by atoms with E-state index in [1.807, 2.05) is 31.2 Å². The topological polar surface area (TPSA) is 76.3 Å². The first-order valence-electron chi connectivity index (χ1n) is 8.54. The molecule has 0 unspecified atom stereocenters. The van der Waals surface area contributed by atoms with Gasteiger partial charge in [0.2, 0.25) is 5.91 Å². The maximum Gasteiger partial charge on any atom is 0.259 e. The molecule has 2 aromatic carbocycles. The molecule has 2 amide bonds. The second-order valence-electron chi connectivity index (χ2n) is 5.99. The number of pyridine rings is 1. The van der Waals surface area contributed by atoms with Crippen LogP contribution in [-0.4, -0.2) is 23.3 Å². The van der Waals surface area contributed by atoms with Gasteiger partial charge in [-0.25, -0.2) is 0 Å². The summed E-state index contributed by atoms with van der Waals surface area (Å²) >= 11 is 12.6. The van der Waals surface area contributed by atoms with E-state index in [2.05, 4.69) is 4.98 Å². The Hall–Kier alpha value is -2.89. The molecule has 1 aromatic heterocycles. The number of nitrogens with two attached hydrogens (primary N) is 1. The summed E-state index contributed by atoms with van der Waals surface area (Å²) in [5, 5.41) is 0.702. The van der Waals surface area contributed by atoms with Crippen molar-refractivity contribution < 1.29 is 9.59 Å². The number of nitrogens with zero attached hydrogens (tertiary/aromatic N) is 2. The molecular weight excluding hydrogens is 397 g/mol. The molecule has 5 nitrogen and oxygen atoms in total. The fourth-order valence-corrected chi connectivity index (χ4v) is 3.31. The normalized spacial score (nSPS) is 10.5. The molecular formula is C21H17Cl2N3O2. The fraction of sp³-hybridized carbons (Fsp3) is 0.0952. The molecule has 0 saturated carbocycles. The highest BCUT2D eigenvalue weighted by Crippen LogP contribution is 2.32. The molecule has 3 aromatic rings. The number of hydrogen-bond donors (Lipinski definition) is 1.